The van der Waals surface area contributed by atoms with Crippen LogP contribution in [-0.4, -0.2) is 42.8 Å². The number of carbonyl (C=O) groups excluding carboxylic acids is 1. The largest absolute Gasteiger partial charge is 0.493 e. The van der Waals surface area contributed by atoms with Crippen LogP contribution in [0.15, 0.2) is 36.4 Å². The van der Waals surface area contributed by atoms with Gasteiger partial charge in [0.25, 0.3) is 0 Å². The number of anilines is 1. The van der Waals surface area contributed by atoms with Crippen LogP contribution in [0.4, 0.5) is 5.82 Å². The predicted molar refractivity (Wildman–Crippen MR) is 109 cm³/mol. The Labute approximate surface area is 170 Å². The summed E-state index contributed by atoms with van der Waals surface area (Å²) in [6, 6.07) is 11.4. The van der Waals surface area contributed by atoms with E-state index in [0.29, 0.717) is 19.0 Å². The minimum absolute atomic E-state index is 0. The van der Waals surface area contributed by atoms with Crippen LogP contribution in [0.2, 0.25) is 0 Å². The number of hydrogen-bond acceptors (Lipinski definition) is 5. The molecule has 0 aliphatic carbocycles. The van der Waals surface area contributed by atoms with Crippen LogP contribution >= 0.6 is 24.8 Å². The van der Waals surface area contributed by atoms with E-state index in [0.717, 1.165) is 30.0 Å². The third-order valence-electron chi connectivity index (χ3n) is 4.58. The maximum absolute atomic E-state index is 12.5. The van der Waals surface area contributed by atoms with Crippen LogP contribution in [0.5, 0.6) is 5.75 Å². The average Bonchev–Trinajstić information content (AvgIpc) is 3.10. The monoisotopic (exact) mass is 411 g/mol. The Kier molecular flexibility index (Phi) is 7.44. The van der Waals surface area contributed by atoms with E-state index in [9.17, 15) is 4.79 Å². The number of aromatic nitrogens is 1. The number of morpholine rings is 1. The number of amides is 1. The van der Waals surface area contributed by atoms with Crippen molar-refractivity contribution in [1.29, 1.82) is 0 Å². The summed E-state index contributed by atoms with van der Waals surface area (Å²) in [5, 5.41) is 6.07. The molecule has 2 aliphatic rings. The molecule has 1 amide bonds. The van der Waals surface area contributed by atoms with Crippen molar-refractivity contribution < 1.29 is 14.3 Å². The minimum Gasteiger partial charge on any atom is -0.493 e. The molecule has 4 rings (SSSR count). The fourth-order valence-corrected chi connectivity index (χ4v) is 3.24. The minimum atomic E-state index is -0.364. The molecule has 2 N–H and O–H groups in total. The third-order valence-corrected chi connectivity index (χ3v) is 4.58. The van der Waals surface area contributed by atoms with Crippen molar-refractivity contribution in [3.05, 3.63) is 42.0 Å². The van der Waals surface area contributed by atoms with E-state index in [1.54, 1.807) is 6.07 Å². The highest BCUT2D eigenvalue weighted by Crippen LogP contribution is 2.30. The van der Waals surface area contributed by atoms with Gasteiger partial charge in [-0.1, -0.05) is 6.07 Å². The zero-order valence-electron chi connectivity index (χ0n) is 14.9. The van der Waals surface area contributed by atoms with Crippen LogP contribution in [0.3, 0.4) is 0 Å². The van der Waals surface area contributed by atoms with E-state index in [4.69, 9.17) is 9.47 Å². The number of nitrogens with zero attached hydrogens (tertiary/aromatic N) is 1. The third kappa shape index (κ3) is 4.71. The van der Waals surface area contributed by atoms with Crippen molar-refractivity contribution in [1.82, 2.24) is 10.3 Å². The van der Waals surface area contributed by atoms with Gasteiger partial charge in [0.2, 0.25) is 5.91 Å². The summed E-state index contributed by atoms with van der Waals surface area (Å²) in [7, 11) is 0. The Morgan fingerprint density at radius 3 is 2.89 bits per heavy atom. The van der Waals surface area contributed by atoms with E-state index in [1.165, 1.54) is 5.56 Å². The Hall–Kier alpha value is -1.86. The second-order valence-electron chi connectivity index (χ2n) is 6.33. The smallest absolute Gasteiger partial charge is 0.245 e. The lowest BCUT2D eigenvalue weighted by molar-refractivity contribution is -0.123. The molecular formula is C19H23Cl2N3O3. The quantitative estimate of drug-likeness (QED) is 0.811. The van der Waals surface area contributed by atoms with Crippen molar-refractivity contribution in [2.45, 2.75) is 25.5 Å². The molecule has 27 heavy (non-hydrogen) atoms. The molecule has 0 bridgehead atoms. The summed E-state index contributed by atoms with van der Waals surface area (Å²) < 4.78 is 11.1. The second-order valence-corrected chi connectivity index (χ2v) is 6.33. The molecule has 146 valence electrons. The first-order valence-corrected chi connectivity index (χ1v) is 8.60. The topological polar surface area (TPSA) is 72.5 Å². The number of hydrogen-bond donors (Lipinski definition) is 2. The first kappa shape index (κ1) is 21.4. The number of benzene rings is 1. The predicted octanol–water partition coefficient (Wildman–Crippen LogP) is 2.84. The van der Waals surface area contributed by atoms with E-state index in [1.807, 2.05) is 31.2 Å². The number of fused-ring (bicyclic) bond motifs is 1. The molecule has 1 aromatic carbocycles. The van der Waals surface area contributed by atoms with E-state index in [-0.39, 0.29) is 42.9 Å². The molecule has 2 aliphatic heterocycles. The molecule has 0 radical (unpaired) electrons. The van der Waals surface area contributed by atoms with Gasteiger partial charge in [-0.05, 0) is 42.8 Å². The van der Waals surface area contributed by atoms with Gasteiger partial charge in [0, 0.05) is 18.5 Å². The number of pyridine rings is 1. The summed E-state index contributed by atoms with van der Waals surface area (Å²) in [4.78, 5) is 17.1. The fraction of sp³-hybridized carbons (Fsp3) is 0.368. The lowest BCUT2D eigenvalue weighted by Crippen LogP contribution is -2.53. The Morgan fingerprint density at radius 1 is 1.22 bits per heavy atom. The summed E-state index contributed by atoms with van der Waals surface area (Å²) in [5.41, 5.74) is 3.05. The summed E-state index contributed by atoms with van der Waals surface area (Å²) in [6.07, 6.45) is 0.763. The van der Waals surface area contributed by atoms with Gasteiger partial charge in [-0.25, -0.2) is 4.98 Å². The lowest BCUT2D eigenvalue weighted by atomic mass is 10.1. The van der Waals surface area contributed by atoms with Crippen molar-refractivity contribution in [3.8, 4) is 17.0 Å². The highest BCUT2D eigenvalue weighted by Gasteiger charge is 2.28. The van der Waals surface area contributed by atoms with Crippen molar-refractivity contribution in [2.75, 3.05) is 25.1 Å². The standard InChI is InChI=1S/C19H21N3O3.2ClH/c1-12-18(20-8-10-24-12)19(23)22-17-4-2-3-15(21-17)13-5-6-16-14(11-13)7-9-25-16;;/h2-6,11-12,18,20H,7-10H2,1H3,(H,21,22,23);2*1H/t12-,18+;;/m1../s1. The van der Waals surface area contributed by atoms with Gasteiger partial charge in [-0.2, -0.15) is 0 Å². The molecule has 2 aromatic rings. The highest BCUT2D eigenvalue weighted by atomic mass is 35.5. The van der Waals surface area contributed by atoms with E-state index < -0.39 is 0 Å². The first-order valence-electron chi connectivity index (χ1n) is 8.60. The zero-order valence-corrected chi connectivity index (χ0v) is 16.6. The molecule has 8 heteroatoms. The molecule has 1 fully saturated rings. The van der Waals surface area contributed by atoms with Crippen molar-refractivity contribution >= 4 is 36.5 Å². The summed E-state index contributed by atoms with van der Waals surface area (Å²) in [6.45, 7) is 3.93. The number of carbonyl (C=O) groups is 1. The van der Waals surface area contributed by atoms with Crippen LogP contribution < -0.4 is 15.4 Å². The van der Waals surface area contributed by atoms with Gasteiger partial charge in [-0.15, -0.1) is 24.8 Å². The SMILES string of the molecule is C[C@H]1OCCN[C@@H]1C(=O)Nc1cccc(-c2ccc3c(c2)CCO3)n1.Cl.Cl. The van der Waals surface area contributed by atoms with Crippen LogP contribution in [0, 0.1) is 0 Å². The van der Waals surface area contributed by atoms with Crippen LogP contribution in [0.1, 0.15) is 12.5 Å². The van der Waals surface area contributed by atoms with Gasteiger partial charge in [-0.3, -0.25) is 4.79 Å². The molecule has 0 saturated carbocycles. The maximum Gasteiger partial charge on any atom is 0.245 e. The first-order chi connectivity index (χ1) is 12.2. The van der Waals surface area contributed by atoms with Gasteiger partial charge >= 0.3 is 0 Å². The van der Waals surface area contributed by atoms with Crippen molar-refractivity contribution in [3.63, 3.8) is 0 Å². The van der Waals surface area contributed by atoms with E-state index in [2.05, 4.69) is 21.7 Å². The molecule has 6 nitrogen and oxygen atoms in total. The summed E-state index contributed by atoms with van der Waals surface area (Å²) >= 11 is 0. The number of halogens is 2. The Bertz CT molecular complexity index is 804. The van der Waals surface area contributed by atoms with Gasteiger partial charge in [0.05, 0.1) is 25.0 Å². The molecular weight excluding hydrogens is 389 g/mol. The number of ether oxygens (including phenoxy) is 2. The van der Waals surface area contributed by atoms with Crippen molar-refractivity contribution in [2.24, 2.45) is 0 Å². The Balaban J connectivity index is 0.00000131. The molecule has 0 unspecified atom stereocenters. The van der Waals surface area contributed by atoms with Gasteiger partial charge < -0.3 is 20.1 Å². The van der Waals surface area contributed by atoms with Gasteiger partial charge in [0.1, 0.15) is 17.6 Å². The maximum atomic E-state index is 12.5. The second kappa shape index (κ2) is 9.37. The molecule has 0 spiro atoms. The molecule has 2 atom stereocenters. The van der Waals surface area contributed by atoms with Crippen LogP contribution in [-0.2, 0) is 16.0 Å². The molecule has 1 saturated heterocycles. The van der Waals surface area contributed by atoms with E-state index >= 15 is 0 Å². The normalized spacial score (nSPS) is 20.5. The number of rotatable bonds is 3. The molecule has 3 heterocycles. The fourth-order valence-electron chi connectivity index (χ4n) is 3.24. The highest BCUT2D eigenvalue weighted by molar-refractivity contribution is 5.94. The van der Waals surface area contributed by atoms with Crippen LogP contribution in [0.25, 0.3) is 11.3 Å². The zero-order chi connectivity index (χ0) is 17.2. The summed E-state index contributed by atoms with van der Waals surface area (Å²) in [5.74, 6) is 1.36. The lowest BCUT2D eigenvalue weighted by Gasteiger charge is -2.29. The number of nitrogens with one attached hydrogen (secondary N) is 2. The molecule has 1 aromatic heterocycles. The average molecular weight is 412 g/mol. The van der Waals surface area contributed by atoms with Gasteiger partial charge in [0.15, 0.2) is 0 Å². The Morgan fingerprint density at radius 2 is 2.07 bits per heavy atom.